The van der Waals surface area contributed by atoms with Gasteiger partial charge in [-0.25, -0.2) is 9.78 Å². The van der Waals surface area contributed by atoms with Crippen molar-refractivity contribution in [3.05, 3.63) is 94.8 Å². The Morgan fingerprint density at radius 3 is 2.62 bits per heavy atom. The Kier molecular flexibility index (Phi) is 6.36. The number of ether oxygens (including phenoxy) is 2. The van der Waals surface area contributed by atoms with E-state index in [1.54, 1.807) is 43.5 Å². The van der Waals surface area contributed by atoms with E-state index in [9.17, 15) is 9.59 Å². The Balaban J connectivity index is 1.70. The average Bonchev–Trinajstić information content (AvgIpc) is 2.83. The molecule has 4 rings (SSSR count). The number of carbonyl (C=O) groups is 1. The van der Waals surface area contributed by atoms with Gasteiger partial charge in [0.2, 0.25) is 0 Å². The predicted octanol–water partition coefficient (Wildman–Crippen LogP) is 3.89. The number of carbonyl (C=O) groups excluding carboxylic acids is 1. The van der Waals surface area contributed by atoms with E-state index in [0.717, 1.165) is 5.56 Å². The van der Waals surface area contributed by atoms with E-state index in [2.05, 4.69) is 10.1 Å². The van der Waals surface area contributed by atoms with Crippen LogP contribution in [0.4, 0.5) is 0 Å². The minimum absolute atomic E-state index is 0.180. The first-order valence-corrected chi connectivity index (χ1v) is 10.2. The maximum Gasteiger partial charge on any atom is 0.344 e. The summed E-state index contributed by atoms with van der Waals surface area (Å²) < 4.78 is 11.6. The lowest BCUT2D eigenvalue weighted by Crippen LogP contribution is -2.20. The summed E-state index contributed by atoms with van der Waals surface area (Å²) in [5, 5.41) is 4.92. The second kappa shape index (κ2) is 9.70. The first-order valence-electron chi connectivity index (χ1n) is 10.2. The number of nitrogens with zero attached hydrogens (tertiary/aromatic N) is 3. The van der Waals surface area contributed by atoms with Crippen LogP contribution in [0.2, 0.25) is 0 Å². The first-order chi connectivity index (χ1) is 15.7. The third-order valence-electron chi connectivity index (χ3n) is 4.63. The fourth-order valence-corrected chi connectivity index (χ4v) is 3.16. The third-order valence-corrected chi connectivity index (χ3v) is 4.63. The van der Waals surface area contributed by atoms with Gasteiger partial charge in [-0.05, 0) is 36.8 Å². The highest BCUT2D eigenvalue weighted by Crippen LogP contribution is 2.19. The van der Waals surface area contributed by atoms with Crippen LogP contribution in [0.3, 0.4) is 0 Å². The Labute approximate surface area is 184 Å². The van der Waals surface area contributed by atoms with Crippen LogP contribution >= 0.6 is 0 Å². The molecule has 0 atom stereocenters. The summed E-state index contributed by atoms with van der Waals surface area (Å²) in [4.78, 5) is 29.4. The lowest BCUT2D eigenvalue weighted by atomic mass is 10.2. The van der Waals surface area contributed by atoms with Gasteiger partial charge in [0.05, 0.1) is 23.7 Å². The van der Waals surface area contributed by atoms with Gasteiger partial charge in [-0.3, -0.25) is 4.79 Å². The maximum atomic E-state index is 13.2. The van der Waals surface area contributed by atoms with E-state index in [-0.39, 0.29) is 12.2 Å². The number of rotatable bonds is 7. The number of fused-ring (bicyclic) bond motifs is 1. The minimum atomic E-state index is -0.437. The van der Waals surface area contributed by atoms with Crippen LogP contribution in [0.25, 0.3) is 22.3 Å². The Bertz CT molecular complexity index is 1330. The molecule has 0 fully saturated rings. The molecule has 7 nitrogen and oxygen atoms in total. The van der Waals surface area contributed by atoms with E-state index in [1.165, 1.54) is 4.68 Å². The summed E-state index contributed by atoms with van der Waals surface area (Å²) in [6, 6.07) is 23.7. The molecule has 0 unspecified atom stereocenters. The van der Waals surface area contributed by atoms with E-state index >= 15 is 0 Å². The summed E-state index contributed by atoms with van der Waals surface area (Å²) >= 11 is 0. The highest BCUT2D eigenvalue weighted by atomic mass is 16.6. The zero-order chi connectivity index (χ0) is 22.3. The van der Waals surface area contributed by atoms with Gasteiger partial charge >= 0.3 is 5.97 Å². The minimum Gasteiger partial charge on any atom is -0.482 e. The highest BCUT2D eigenvalue weighted by Gasteiger charge is 2.12. The van der Waals surface area contributed by atoms with Crippen LogP contribution in [0.15, 0.2) is 88.8 Å². The molecule has 1 aromatic heterocycles. The molecule has 0 saturated heterocycles. The predicted molar refractivity (Wildman–Crippen MR) is 123 cm³/mol. The molecule has 0 bridgehead atoms. The topological polar surface area (TPSA) is 82.8 Å². The normalized spacial score (nSPS) is 11.0. The van der Waals surface area contributed by atoms with Crippen molar-refractivity contribution in [3.8, 4) is 17.1 Å². The summed E-state index contributed by atoms with van der Waals surface area (Å²) in [6.45, 7) is 1.86. The van der Waals surface area contributed by atoms with Gasteiger partial charge in [-0.15, -0.1) is 0 Å². The third kappa shape index (κ3) is 4.73. The SMILES string of the molecule is CCOC(=O)COc1cccc(C=Nn2c(-c3ccccc3)nc3ccccc3c2=O)c1. The number of benzene rings is 3. The smallest absolute Gasteiger partial charge is 0.344 e. The molecule has 0 aliphatic rings. The molecule has 0 aliphatic heterocycles. The van der Waals surface area contributed by atoms with Crippen LogP contribution in [0.5, 0.6) is 5.75 Å². The molecule has 0 N–H and O–H groups in total. The second-order valence-corrected chi connectivity index (χ2v) is 6.85. The van der Waals surface area contributed by atoms with Crippen molar-refractivity contribution < 1.29 is 14.3 Å². The van der Waals surface area contributed by atoms with Crippen molar-refractivity contribution in [1.29, 1.82) is 0 Å². The largest absolute Gasteiger partial charge is 0.482 e. The average molecular weight is 427 g/mol. The van der Waals surface area contributed by atoms with Crippen LogP contribution < -0.4 is 10.3 Å². The molecular weight excluding hydrogens is 406 g/mol. The van der Waals surface area contributed by atoms with E-state index in [1.807, 2.05) is 48.5 Å². The Morgan fingerprint density at radius 2 is 1.81 bits per heavy atom. The molecule has 7 heteroatoms. The lowest BCUT2D eigenvalue weighted by molar-refractivity contribution is -0.145. The van der Waals surface area contributed by atoms with Gasteiger partial charge in [0.25, 0.3) is 5.56 Å². The fourth-order valence-electron chi connectivity index (χ4n) is 3.16. The van der Waals surface area contributed by atoms with Crippen LogP contribution in [-0.4, -0.2) is 35.1 Å². The molecule has 0 amide bonds. The van der Waals surface area contributed by atoms with Crippen molar-refractivity contribution >= 4 is 23.1 Å². The van der Waals surface area contributed by atoms with Gasteiger partial charge in [0.15, 0.2) is 12.4 Å². The van der Waals surface area contributed by atoms with Crippen molar-refractivity contribution in [2.45, 2.75) is 6.92 Å². The fraction of sp³-hybridized carbons (Fsp3) is 0.120. The maximum absolute atomic E-state index is 13.2. The highest BCUT2D eigenvalue weighted by molar-refractivity contribution is 5.82. The van der Waals surface area contributed by atoms with Crippen molar-refractivity contribution in [2.75, 3.05) is 13.2 Å². The van der Waals surface area contributed by atoms with Crippen molar-refractivity contribution in [1.82, 2.24) is 9.66 Å². The molecule has 4 aromatic rings. The molecule has 3 aromatic carbocycles. The van der Waals surface area contributed by atoms with Gasteiger partial charge in [0, 0.05) is 5.56 Å². The Hall–Kier alpha value is -4.26. The van der Waals surface area contributed by atoms with Gasteiger partial charge in [-0.1, -0.05) is 54.6 Å². The lowest BCUT2D eigenvalue weighted by Gasteiger charge is -2.09. The van der Waals surface area contributed by atoms with E-state index in [4.69, 9.17) is 9.47 Å². The molecule has 0 spiro atoms. The van der Waals surface area contributed by atoms with Crippen LogP contribution in [0.1, 0.15) is 12.5 Å². The number of esters is 1. The molecular formula is C25H21N3O4. The standard InChI is InChI=1S/C25H21N3O4/c1-2-31-23(29)17-32-20-12-8-9-18(15-20)16-26-28-24(19-10-4-3-5-11-19)27-22-14-7-6-13-21(22)25(28)30/h3-16H,2,17H2,1H3. The summed E-state index contributed by atoms with van der Waals surface area (Å²) in [7, 11) is 0. The van der Waals surface area contributed by atoms with Gasteiger partial charge in [-0.2, -0.15) is 9.78 Å². The summed E-state index contributed by atoms with van der Waals surface area (Å²) in [5.41, 5.74) is 1.82. The van der Waals surface area contributed by atoms with E-state index in [0.29, 0.717) is 34.6 Å². The van der Waals surface area contributed by atoms with Gasteiger partial charge in [0.1, 0.15) is 5.75 Å². The quantitative estimate of drug-likeness (QED) is 0.330. The number of para-hydroxylation sites is 1. The first kappa shape index (κ1) is 21.0. The molecule has 32 heavy (non-hydrogen) atoms. The molecule has 160 valence electrons. The number of aromatic nitrogens is 2. The second-order valence-electron chi connectivity index (χ2n) is 6.85. The van der Waals surface area contributed by atoms with Crippen LogP contribution in [0, 0.1) is 0 Å². The monoisotopic (exact) mass is 427 g/mol. The molecule has 1 heterocycles. The van der Waals surface area contributed by atoms with Crippen molar-refractivity contribution in [3.63, 3.8) is 0 Å². The van der Waals surface area contributed by atoms with Crippen LogP contribution in [-0.2, 0) is 9.53 Å². The number of hydrogen-bond acceptors (Lipinski definition) is 6. The number of hydrogen-bond donors (Lipinski definition) is 0. The summed E-state index contributed by atoms with van der Waals surface area (Å²) in [6.07, 6.45) is 1.56. The van der Waals surface area contributed by atoms with Gasteiger partial charge < -0.3 is 9.47 Å². The van der Waals surface area contributed by atoms with E-state index < -0.39 is 5.97 Å². The summed E-state index contributed by atoms with van der Waals surface area (Å²) in [5.74, 6) is 0.502. The zero-order valence-electron chi connectivity index (χ0n) is 17.5. The molecule has 0 radical (unpaired) electrons. The zero-order valence-corrected chi connectivity index (χ0v) is 17.5. The Morgan fingerprint density at radius 1 is 1.03 bits per heavy atom. The van der Waals surface area contributed by atoms with Crippen molar-refractivity contribution in [2.24, 2.45) is 5.10 Å². The molecule has 0 aliphatic carbocycles. The molecule has 0 saturated carbocycles.